The molecule has 0 unspecified atom stereocenters. The van der Waals surface area contributed by atoms with Crippen LogP contribution in [0.25, 0.3) is 0 Å². The number of carbonyl (C=O) groups is 1. The van der Waals surface area contributed by atoms with Crippen LogP contribution in [-0.4, -0.2) is 60.4 Å². The van der Waals surface area contributed by atoms with E-state index in [0.29, 0.717) is 11.4 Å². The van der Waals surface area contributed by atoms with E-state index < -0.39 is 21.0 Å². The van der Waals surface area contributed by atoms with Gasteiger partial charge in [0.25, 0.3) is 5.91 Å². The number of fused-ring (bicyclic) bond motifs is 1. The standard InChI is InChI=1S/C24H29N7O4S/c1-14(2)36(33,34)20-8-6-5-7-17(20)26-23-21(22(25)32)29-30-24(28-23)27-18-11-16-13-31(3)10-9-15(16)12-19(18)35-4/h5-8,11-12,14H,9-10,13H2,1-4H3,(H2,25,32)(H2,26,27,28,30). The number of sulfone groups is 1. The molecule has 4 rings (SSSR count). The first-order valence-corrected chi connectivity index (χ1v) is 12.9. The number of hydrogen-bond acceptors (Lipinski definition) is 10. The summed E-state index contributed by atoms with van der Waals surface area (Å²) in [6, 6.07) is 10.3. The van der Waals surface area contributed by atoms with Gasteiger partial charge in [0.2, 0.25) is 5.95 Å². The third kappa shape index (κ3) is 5.09. The van der Waals surface area contributed by atoms with Gasteiger partial charge in [-0.15, -0.1) is 10.2 Å². The SMILES string of the molecule is COc1cc2c(cc1Nc1nnc(C(N)=O)c(Nc3ccccc3S(=O)(=O)C(C)C)n1)CN(C)CC2. The molecule has 2 heterocycles. The van der Waals surface area contributed by atoms with Gasteiger partial charge in [0, 0.05) is 13.1 Å². The average molecular weight is 512 g/mol. The Balaban J connectivity index is 1.72. The summed E-state index contributed by atoms with van der Waals surface area (Å²) >= 11 is 0. The minimum absolute atomic E-state index is 0.0249. The van der Waals surface area contributed by atoms with Gasteiger partial charge in [0.15, 0.2) is 21.3 Å². The van der Waals surface area contributed by atoms with Crippen molar-refractivity contribution in [3.05, 3.63) is 53.2 Å². The zero-order chi connectivity index (χ0) is 26.0. The van der Waals surface area contributed by atoms with E-state index in [2.05, 4.69) is 37.8 Å². The highest BCUT2D eigenvalue weighted by Crippen LogP contribution is 2.33. The lowest BCUT2D eigenvalue weighted by Crippen LogP contribution is -2.26. The molecule has 2 aromatic carbocycles. The molecule has 0 atom stereocenters. The molecule has 0 fully saturated rings. The van der Waals surface area contributed by atoms with Crippen LogP contribution in [0.1, 0.15) is 35.5 Å². The van der Waals surface area contributed by atoms with E-state index in [9.17, 15) is 13.2 Å². The Bertz CT molecular complexity index is 1410. The van der Waals surface area contributed by atoms with Crippen molar-refractivity contribution in [2.24, 2.45) is 5.73 Å². The maximum atomic E-state index is 12.9. The van der Waals surface area contributed by atoms with Gasteiger partial charge in [-0.2, -0.15) is 4.98 Å². The van der Waals surface area contributed by atoms with Crippen molar-refractivity contribution in [3.8, 4) is 5.75 Å². The van der Waals surface area contributed by atoms with Crippen LogP contribution in [0.3, 0.4) is 0 Å². The molecular formula is C24H29N7O4S. The summed E-state index contributed by atoms with van der Waals surface area (Å²) in [5.41, 5.74) is 8.51. The van der Waals surface area contributed by atoms with E-state index >= 15 is 0 Å². The maximum absolute atomic E-state index is 12.9. The molecule has 12 heteroatoms. The van der Waals surface area contributed by atoms with Gasteiger partial charge >= 0.3 is 0 Å². The van der Waals surface area contributed by atoms with E-state index in [-0.39, 0.29) is 28.0 Å². The van der Waals surface area contributed by atoms with Crippen LogP contribution in [0.4, 0.5) is 23.1 Å². The number of para-hydroxylation sites is 1. The fourth-order valence-electron chi connectivity index (χ4n) is 3.95. The Morgan fingerprint density at radius 2 is 1.86 bits per heavy atom. The highest BCUT2D eigenvalue weighted by atomic mass is 32.2. The summed E-state index contributed by atoms with van der Waals surface area (Å²) in [5.74, 6) is -0.191. The predicted molar refractivity (Wildman–Crippen MR) is 137 cm³/mol. The highest BCUT2D eigenvalue weighted by Gasteiger charge is 2.24. The molecule has 1 amide bonds. The Labute approximate surface area is 210 Å². The maximum Gasteiger partial charge on any atom is 0.273 e. The molecular weight excluding hydrogens is 482 g/mol. The second kappa shape index (κ2) is 10.1. The molecule has 0 spiro atoms. The first kappa shape index (κ1) is 25.3. The first-order chi connectivity index (χ1) is 17.1. The lowest BCUT2D eigenvalue weighted by atomic mass is 9.99. The molecule has 0 saturated heterocycles. The highest BCUT2D eigenvalue weighted by molar-refractivity contribution is 7.92. The second-order valence-corrected chi connectivity index (χ2v) is 11.3. The lowest BCUT2D eigenvalue weighted by molar-refractivity contribution is 0.0995. The summed E-state index contributed by atoms with van der Waals surface area (Å²) in [6.45, 7) is 4.95. The lowest BCUT2D eigenvalue weighted by Gasteiger charge is -2.26. The van der Waals surface area contributed by atoms with Crippen molar-refractivity contribution in [1.82, 2.24) is 20.1 Å². The first-order valence-electron chi connectivity index (χ1n) is 11.4. The molecule has 0 radical (unpaired) electrons. The topological polar surface area (TPSA) is 152 Å². The molecule has 11 nitrogen and oxygen atoms in total. The van der Waals surface area contributed by atoms with E-state index in [1.165, 1.54) is 11.6 Å². The molecule has 0 saturated carbocycles. The van der Waals surface area contributed by atoms with Crippen LogP contribution < -0.4 is 21.1 Å². The fraction of sp³-hybridized carbons (Fsp3) is 0.333. The quantitative estimate of drug-likeness (QED) is 0.411. The third-order valence-electron chi connectivity index (χ3n) is 5.96. The van der Waals surface area contributed by atoms with Crippen molar-refractivity contribution in [2.75, 3.05) is 31.3 Å². The third-order valence-corrected chi connectivity index (χ3v) is 8.17. The molecule has 0 aliphatic carbocycles. The van der Waals surface area contributed by atoms with Gasteiger partial charge in [0.05, 0.1) is 28.6 Å². The number of nitrogens with two attached hydrogens (primary N) is 1. The van der Waals surface area contributed by atoms with Crippen molar-refractivity contribution < 1.29 is 17.9 Å². The number of aromatic nitrogens is 3. The van der Waals surface area contributed by atoms with Crippen LogP contribution in [0.5, 0.6) is 5.75 Å². The van der Waals surface area contributed by atoms with Crippen molar-refractivity contribution in [3.63, 3.8) is 0 Å². The number of benzene rings is 2. The van der Waals surface area contributed by atoms with Crippen LogP contribution in [0.15, 0.2) is 41.3 Å². The van der Waals surface area contributed by atoms with Gasteiger partial charge < -0.3 is 26.0 Å². The van der Waals surface area contributed by atoms with Crippen LogP contribution >= 0.6 is 0 Å². The molecule has 1 aromatic heterocycles. The van der Waals surface area contributed by atoms with Crippen LogP contribution in [-0.2, 0) is 22.8 Å². The molecule has 4 N–H and O–H groups in total. The predicted octanol–water partition coefficient (Wildman–Crippen LogP) is 2.64. The number of primary amides is 1. The molecule has 190 valence electrons. The summed E-state index contributed by atoms with van der Waals surface area (Å²) < 4.78 is 31.3. The Morgan fingerprint density at radius 3 is 2.56 bits per heavy atom. The van der Waals surface area contributed by atoms with E-state index in [1.54, 1.807) is 39.2 Å². The molecule has 1 aliphatic heterocycles. The second-order valence-electron chi connectivity index (χ2n) is 8.85. The summed E-state index contributed by atoms with van der Waals surface area (Å²) in [6.07, 6.45) is 0.917. The normalized spacial score (nSPS) is 13.8. The number of nitrogens with one attached hydrogen (secondary N) is 2. The minimum Gasteiger partial charge on any atom is -0.495 e. The van der Waals surface area contributed by atoms with Crippen LogP contribution in [0, 0.1) is 0 Å². The Hall–Kier alpha value is -3.77. The monoisotopic (exact) mass is 511 g/mol. The van der Waals surface area contributed by atoms with E-state index in [1.807, 2.05) is 12.1 Å². The van der Waals surface area contributed by atoms with Crippen molar-refractivity contribution in [1.29, 1.82) is 0 Å². The minimum atomic E-state index is -3.62. The van der Waals surface area contributed by atoms with Crippen molar-refractivity contribution >= 4 is 38.9 Å². The zero-order valence-electron chi connectivity index (χ0n) is 20.6. The number of amides is 1. The number of rotatable bonds is 8. The smallest absolute Gasteiger partial charge is 0.273 e. The van der Waals surface area contributed by atoms with Crippen molar-refractivity contribution in [2.45, 2.75) is 37.0 Å². The fourth-order valence-corrected chi connectivity index (χ4v) is 5.15. The Kier molecular flexibility index (Phi) is 7.09. The van der Waals surface area contributed by atoms with E-state index in [0.717, 1.165) is 25.1 Å². The molecule has 0 bridgehead atoms. The number of carbonyl (C=O) groups excluding carboxylic acids is 1. The number of hydrogen-bond donors (Lipinski definition) is 3. The van der Waals surface area contributed by atoms with Gasteiger partial charge in [0.1, 0.15) is 5.75 Å². The van der Waals surface area contributed by atoms with Gasteiger partial charge in [-0.05, 0) is 62.7 Å². The number of methoxy groups -OCH3 is 1. The van der Waals surface area contributed by atoms with Gasteiger partial charge in [-0.3, -0.25) is 4.79 Å². The van der Waals surface area contributed by atoms with Gasteiger partial charge in [-0.25, -0.2) is 8.42 Å². The largest absolute Gasteiger partial charge is 0.495 e. The summed E-state index contributed by atoms with van der Waals surface area (Å²) in [4.78, 5) is 18.7. The van der Waals surface area contributed by atoms with Crippen LogP contribution in [0.2, 0.25) is 0 Å². The zero-order valence-corrected chi connectivity index (χ0v) is 21.4. The number of likely N-dealkylation sites (N-methyl/N-ethyl adjacent to an activating group) is 1. The number of ether oxygens (including phenoxy) is 1. The molecule has 36 heavy (non-hydrogen) atoms. The molecule has 3 aromatic rings. The number of anilines is 4. The van der Waals surface area contributed by atoms with E-state index in [4.69, 9.17) is 10.5 Å². The van der Waals surface area contributed by atoms with Gasteiger partial charge in [-0.1, -0.05) is 12.1 Å². The number of nitrogens with zero attached hydrogens (tertiary/aromatic N) is 4. The summed E-state index contributed by atoms with van der Waals surface area (Å²) in [5, 5.41) is 13.3. The average Bonchev–Trinajstić information content (AvgIpc) is 2.83. The molecule has 1 aliphatic rings. The summed E-state index contributed by atoms with van der Waals surface area (Å²) in [7, 11) is 0.0198. The Morgan fingerprint density at radius 1 is 1.11 bits per heavy atom.